The van der Waals surface area contributed by atoms with Crippen molar-refractivity contribution >= 4 is 0 Å². The van der Waals surface area contributed by atoms with E-state index in [1.54, 1.807) is 12.1 Å². The zero-order valence-corrected chi connectivity index (χ0v) is 9.78. The Morgan fingerprint density at radius 2 is 1.56 bits per heavy atom. The predicted molar refractivity (Wildman–Crippen MR) is 65.5 cm³/mol. The number of nitrogens with zero attached hydrogens (tertiary/aromatic N) is 1. The van der Waals surface area contributed by atoms with E-state index in [1.165, 1.54) is 5.56 Å². The molecule has 0 spiro atoms. The van der Waals surface area contributed by atoms with Crippen molar-refractivity contribution in [3.8, 4) is 16.9 Å². The van der Waals surface area contributed by atoms with Crippen LogP contribution >= 0.6 is 0 Å². The molecule has 0 fully saturated rings. The van der Waals surface area contributed by atoms with Gasteiger partial charge in [0.15, 0.2) is 0 Å². The van der Waals surface area contributed by atoms with E-state index in [4.69, 9.17) is 0 Å². The molecule has 0 aliphatic heterocycles. The minimum atomic E-state index is 0.311. The molecule has 16 heavy (non-hydrogen) atoms. The molecule has 0 saturated carbocycles. The number of aromatic nitrogens is 1. The molecule has 0 radical (unpaired) electrons. The molecule has 1 heterocycles. The van der Waals surface area contributed by atoms with Crippen molar-refractivity contribution in [1.29, 1.82) is 0 Å². The van der Waals surface area contributed by atoms with Crippen LogP contribution in [0.2, 0.25) is 0 Å². The van der Waals surface area contributed by atoms with Crippen LogP contribution < -0.4 is 0 Å². The molecule has 1 N–H and O–H groups in total. The van der Waals surface area contributed by atoms with Gasteiger partial charge < -0.3 is 5.11 Å². The first-order valence-electron chi connectivity index (χ1n) is 5.31. The van der Waals surface area contributed by atoms with Gasteiger partial charge in [-0.1, -0.05) is 6.07 Å². The normalized spacial score (nSPS) is 10.4. The fraction of sp³-hybridized carbons (Fsp3) is 0.214. The fourth-order valence-electron chi connectivity index (χ4n) is 2.05. The lowest BCUT2D eigenvalue weighted by Gasteiger charge is -2.12. The summed E-state index contributed by atoms with van der Waals surface area (Å²) in [7, 11) is 0. The summed E-state index contributed by atoms with van der Waals surface area (Å²) in [5.41, 5.74) is 5.78. The first kappa shape index (κ1) is 10.7. The first-order valence-corrected chi connectivity index (χ1v) is 5.31. The monoisotopic (exact) mass is 213 g/mol. The summed E-state index contributed by atoms with van der Waals surface area (Å²) in [6, 6.07) is 5.47. The van der Waals surface area contributed by atoms with Crippen LogP contribution in [0.1, 0.15) is 16.7 Å². The molecule has 0 saturated heterocycles. The predicted octanol–water partition coefficient (Wildman–Crippen LogP) is 3.38. The minimum Gasteiger partial charge on any atom is -0.508 e. The number of phenolic OH excluding ortho intramolecular Hbond substituents is 1. The standard InChI is InChI=1S/C14H15NO/c1-9-6-12(16)4-5-13(9)14-10(2)7-15-8-11(14)3/h4-8,16H,1-3H3. The average molecular weight is 213 g/mol. The maximum absolute atomic E-state index is 9.41. The summed E-state index contributed by atoms with van der Waals surface area (Å²) in [4.78, 5) is 4.17. The number of rotatable bonds is 1. The lowest BCUT2D eigenvalue weighted by Crippen LogP contribution is -1.92. The Balaban J connectivity index is 2.68. The van der Waals surface area contributed by atoms with Gasteiger partial charge in [-0.25, -0.2) is 0 Å². The third kappa shape index (κ3) is 1.78. The number of phenols is 1. The second-order valence-corrected chi connectivity index (χ2v) is 4.15. The second kappa shape index (κ2) is 3.97. The van der Waals surface area contributed by atoms with Crippen LogP contribution in [0, 0.1) is 20.8 Å². The van der Waals surface area contributed by atoms with Crippen LogP contribution in [0.15, 0.2) is 30.6 Å². The minimum absolute atomic E-state index is 0.311. The highest BCUT2D eigenvalue weighted by Crippen LogP contribution is 2.30. The lowest BCUT2D eigenvalue weighted by molar-refractivity contribution is 0.475. The maximum atomic E-state index is 9.41. The van der Waals surface area contributed by atoms with E-state index in [-0.39, 0.29) is 0 Å². The molecule has 82 valence electrons. The molecule has 0 aliphatic carbocycles. The molecule has 2 rings (SSSR count). The number of hydrogen-bond donors (Lipinski definition) is 1. The van der Waals surface area contributed by atoms with E-state index in [1.807, 2.05) is 25.4 Å². The molecule has 0 bridgehead atoms. The zero-order chi connectivity index (χ0) is 11.7. The van der Waals surface area contributed by atoms with Crippen molar-refractivity contribution in [1.82, 2.24) is 4.98 Å². The largest absolute Gasteiger partial charge is 0.508 e. The van der Waals surface area contributed by atoms with Gasteiger partial charge in [0.1, 0.15) is 5.75 Å². The lowest BCUT2D eigenvalue weighted by atomic mass is 9.94. The quantitative estimate of drug-likeness (QED) is 0.787. The molecule has 2 heteroatoms. The van der Waals surface area contributed by atoms with Crippen LogP contribution in [-0.4, -0.2) is 10.1 Å². The summed E-state index contributed by atoms with van der Waals surface area (Å²) in [6.45, 7) is 6.12. The Bertz CT molecular complexity index is 512. The average Bonchev–Trinajstić information content (AvgIpc) is 2.20. The summed E-state index contributed by atoms with van der Waals surface area (Å²) in [6.07, 6.45) is 3.74. The van der Waals surface area contributed by atoms with Crippen LogP contribution in [0.3, 0.4) is 0 Å². The Morgan fingerprint density at radius 3 is 2.12 bits per heavy atom. The van der Waals surface area contributed by atoms with Gasteiger partial charge in [-0.3, -0.25) is 4.98 Å². The van der Waals surface area contributed by atoms with Gasteiger partial charge >= 0.3 is 0 Å². The van der Waals surface area contributed by atoms with E-state index < -0.39 is 0 Å². The van der Waals surface area contributed by atoms with E-state index in [0.29, 0.717) is 5.75 Å². The molecule has 2 nitrogen and oxygen atoms in total. The Morgan fingerprint density at radius 1 is 0.938 bits per heavy atom. The molecule has 1 aromatic carbocycles. The van der Waals surface area contributed by atoms with Crippen molar-refractivity contribution in [3.05, 3.63) is 47.3 Å². The van der Waals surface area contributed by atoms with Crippen molar-refractivity contribution in [2.75, 3.05) is 0 Å². The fourth-order valence-corrected chi connectivity index (χ4v) is 2.05. The number of pyridine rings is 1. The van der Waals surface area contributed by atoms with E-state index in [2.05, 4.69) is 18.8 Å². The van der Waals surface area contributed by atoms with Gasteiger partial charge in [-0.05, 0) is 60.7 Å². The van der Waals surface area contributed by atoms with E-state index in [9.17, 15) is 5.11 Å². The molecule has 1 aromatic heterocycles. The third-order valence-electron chi connectivity index (χ3n) is 2.80. The Kier molecular flexibility index (Phi) is 2.65. The second-order valence-electron chi connectivity index (χ2n) is 4.15. The number of aromatic hydroxyl groups is 1. The van der Waals surface area contributed by atoms with Crippen LogP contribution in [0.25, 0.3) is 11.1 Å². The smallest absolute Gasteiger partial charge is 0.115 e. The van der Waals surface area contributed by atoms with Gasteiger partial charge in [0, 0.05) is 12.4 Å². The Labute approximate surface area is 95.6 Å². The van der Waals surface area contributed by atoms with Gasteiger partial charge in [0.25, 0.3) is 0 Å². The van der Waals surface area contributed by atoms with Crippen molar-refractivity contribution in [3.63, 3.8) is 0 Å². The summed E-state index contributed by atoms with van der Waals surface area (Å²) in [5.74, 6) is 0.311. The van der Waals surface area contributed by atoms with E-state index in [0.717, 1.165) is 22.3 Å². The first-order chi connectivity index (χ1) is 7.59. The third-order valence-corrected chi connectivity index (χ3v) is 2.80. The zero-order valence-electron chi connectivity index (χ0n) is 9.78. The number of aryl methyl sites for hydroxylation is 3. The van der Waals surface area contributed by atoms with Gasteiger partial charge in [-0.15, -0.1) is 0 Å². The summed E-state index contributed by atoms with van der Waals surface area (Å²) >= 11 is 0. The van der Waals surface area contributed by atoms with Crippen LogP contribution in [-0.2, 0) is 0 Å². The maximum Gasteiger partial charge on any atom is 0.115 e. The Hall–Kier alpha value is -1.83. The van der Waals surface area contributed by atoms with E-state index >= 15 is 0 Å². The van der Waals surface area contributed by atoms with Crippen molar-refractivity contribution in [2.24, 2.45) is 0 Å². The molecule has 0 aliphatic rings. The van der Waals surface area contributed by atoms with Crippen molar-refractivity contribution < 1.29 is 5.11 Å². The van der Waals surface area contributed by atoms with Gasteiger partial charge in [0.2, 0.25) is 0 Å². The SMILES string of the molecule is Cc1cc(O)ccc1-c1c(C)cncc1C. The van der Waals surface area contributed by atoms with Gasteiger partial charge in [-0.2, -0.15) is 0 Å². The number of hydrogen-bond acceptors (Lipinski definition) is 2. The van der Waals surface area contributed by atoms with Crippen molar-refractivity contribution in [2.45, 2.75) is 20.8 Å². The molecular formula is C14H15NO. The molecule has 0 unspecified atom stereocenters. The van der Waals surface area contributed by atoms with Gasteiger partial charge in [0.05, 0.1) is 0 Å². The molecule has 2 aromatic rings. The summed E-state index contributed by atoms with van der Waals surface area (Å²) in [5, 5.41) is 9.41. The molecule has 0 amide bonds. The topological polar surface area (TPSA) is 33.1 Å². The molecular weight excluding hydrogens is 198 g/mol. The van der Waals surface area contributed by atoms with Crippen LogP contribution in [0.5, 0.6) is 5.75 Å². The summed E-state index contributed by atoms with van der Waals surface area (Å²) < 4.78 is 0. The molecule has 0 atom stereocenters. The highest BCUT2D eigenvalue weighted by molar-refractivity contribution is 5.73. The number of benzene rings is 1. The van der Waals surface area contributed by atoms with Crippen LogP contribution in [0.4, 0.5) is 0 Å². The highest BCUT2D eigenvalue weighted by Gasteiger charge is 2.08. The highest BCUT2D eigenvalue weighted by atomic mass is 16.3.